The van der Waals surface area contributed by atoms with Crippen LogP contribution in [0.25, 0.3) is 0 Å². The number of aromatic nitrogens is 2. The lowest BCUT2D eigenvalue weighted by Gasteiger charge is -2.29. The molecule has 0 unspecified atom stereocenters. The van der Waals surface area contributed by atoms with E-state index < -0.39 is 0 Å². The minimum atomic E-state index is 0.0940. The fourth-order valence-corrected chi connectivity index (χ4v) is 6.55. The van der Waals surface area contributed by atoms with Crippen molar-refractivity contribution in [1.82, 2.24) is 14.5 Å². The number of aliphatic imine (C=N–C) groups is 1. The van der Waals surface area contributed by atoms with Crippen LogP contribution >= 0.6 is 11.8 Å². The molecule has 5 heteroatoms. The van der Waals surface area contributed by atoms with E-state index in [0.717, 1.165) is 12.2 Å². The summed E-state index contributed by atoms with van der Waals surface area (Å²) in [5.41, 5.74) is 5.39. The molecule has 0 aromatic carbocycles. The summed E-state index contributed by atoms with van der Waals surface area (Å²) in [6.45, 7) is 8.00. The molecule has 4 heterocycles. The van der Waals surface area contributed by atoms with E-state index in [1.54, 1.807) is 0 Å². The molecule has 4 nitrogen and oxygen atoms in total. The highest BCUT2D eigenvalue weighted by Crippen LogP contribution is 2.49. The number of hydrogen-bond acceptors (Lipinski definition) is 4. The second-order valence-corrected chi connectivity index (χ2v) is 10.0. The molecule has 0 radical (unpaired) electrons. The molecule has 0 bridgehead atoms. The van der Waals surface area contributed by atoms with Crippen LogP contribution in [0.5, 0.6) is 0 Å². The molecule has 0 spiro atoms. The third kappa shape index (κ3) is 2.99. The van der Waals surface area contributed by atoms with Crippen LogP contribution in [0, 0.1) is 13.8 Å². The van der Waals surface area contributed by atoms with Crippen molar-refractivity contribution in [2.45, 2.75) is 76.3 Å². The molecule has 5 rings (SSSR count). The fraction of sp³-hybridized carbons (Fsp3) is 0.565. The molecule has 2 aromatic rings. The summed E-state index contributed by atoms with van der Waals surface area (Å²) in [6.07, 6.45) is 8.67. The van der Waals surface area contributed by atoms with E-state index in [4.69, 9.17) is 4.99 Å². The number of fused-ring (bicyclic) bond motifs is 1. The van der Waals surface area contributed by atoms with E-state index in [1.165, 1.54) is 54.2 Å². The maximum atomic E-state index is 5.15. The molecule has 1 aliphatic carbocycles. The van der Waals surface area contributed by atoms with Crippen LogP contribution in [0.2, 0.25) is 0 Å². The minimum Gasteiger partial charge on any atom is -0.346 e. The van der Waals surface area contributed by atoms with Gasteiger partial charge in [-0.25, -0.2) is 0 Å². The molecule has 3 atom stereocenters. The number of amidine groups is 1. The minimum absolute atomic E-state index is 0.0940. The highest BCUT2D eigenvalue weighted by atomic mass is 32.2. The van der Waals surface area contributed by atoms with Crippen LogP contribution < -0.4 is 0 Å². The Morgan fingerprint density at radius 1 is 1.11 bits per heavy atom. The third-order valence-electron chi connectivity index (χ3n) is 6.66. The van der Waals surface area contributed by atoms with Gasteiger partial charge in [0.15, 0.2) is 5.17 Å². The zero-order valence-electron chi connectivity index (χ0n) is 17.1. The van der Waals surface area contributed by atoms with E-state index in [1.807, 2.05) is 24.0 Å². The molecule has 28 heavy (non-hydrogen) atoms. The van der Waals surface area contributed by atoms with Crippen molar-refractivity contribution < 1.29 is 0 Å². The van der Waals surface area contributed by atoms with Crippen LogP contribution in [-0.4, -0.2) is 31.4 Å². The summed E-state index contributed by atoms with van der Waals surface area (Å²) in [5.74, 6) is 0. The predicted octanol–water partition coefficient (Wildman–Crippen LogP) is 5.59. The summed E-state index contributed by atoms with van der Waals surface area (Å²) >= 11 is 1.92. The van der Waals surface area contributed by atoms with Gasteiger partial charge in [-0.15, -0.1) is 0 Å². The van der Waals surface area contributed by atoms with Gasteiger partial charge >= 0.3 is 0 Å². The Morgan fingerprint density at radius 2 is 1.93 bits per heavy atom. The Bertz CT molecular complexity index is 882. The monoisotopic (exact) mass is 394 g/mol. The first-order chi connectivity index (χ1) is 13.6. The van der Waals surface area contributed by atoms with Gasteiger partial charge in [0.05, 0.1) is 11.7 Å². The van der Waals surface area contributed by atoms with Crippen molar-refractivity contribution in [2.24, 2.45) is 4.99 Å². The standard InChI is InChI=1S/C23H30N4S/c1-15-13-19(17(3)27(15)18-9-5-4-6-10-18)22-21(20-11-7-8-12-24-20)25-23-26(22)14-16(2)28-23/h7-8,11-13,16,18,21-22H,4-6,9-10,14H2,1-3H3/t16-,21+,22-/m1/s1. The summed E-state index contributed by atoms with van der Waals surface area (Å²) in [6, 6.07) is 9.69. The summed E-state index contributed by atoms with van der Waals surface area (Å²) in [5, 5.41) is 1.81. The molecule has 1 saturated heterocycles. The van der Waals surface area contributed by atoms with Gasteiger partial charge in [-0.2, -0.15) is 0 Å². The highest BCUT2D eigenvalue weighted by molar-refractivity contribution is 8.14. The largest absolute Gasteiger partial charge is 0.346 e. The van der Waals surface area contributed by atoms with Crippen LogP contribution in [-0.2, 0) is 0 Å². The lowest BCUT2D eigenvalue weighted by atomic mass is 9.94. The topological polar surface area (TPSA) is 33.4 Å². The van der Waals surface area contributed by atoms with Crippen LogP contribution in [0.15, 0.2) is 35.5 Å². The maximum Gasteiger partial charge on any atom is 0.160 e. The van der Waals surface area contributed by atoms with Crippen molar-refractivity contribution in [3.63, 3.8) is 0 Å². The van der Waals surface area contributed by atoms with E-state index in [-0.39, 0.29) is 12.1 Å². The third-order valence-corrected chi connectivity index (χ3v) is 7.77. The van der Waals surface area contributed by atoms with E-state index >= 15 is 0 Å². The Hall–Kier alpha value is -1.75. The average Bonchev–Trinajstić information content (AvgIpc) is 3.33. The lowest BCUT2D eigenvalue weighted by Crippen LogP contribution is -2.29. The normalized spacial score (nSPS) is 27.9. The zero-order valence-corrected chi connectivity index (χ0v) is 18.0. The van der Waals surface area contributed by atoms with Gasteiger partial charge in [-0.05, 0) is 50.5 Å². The van der Waals surface area contributed by atoms with Gasteiger partial charge in [-0.1, -0.05) is 44.0 Å². The van der Waals surface area contributed by atoms with Crippen molar-refractivity contribution in [3.8, 4) is 0 Å². The highest BCUT2D eigenvalue weighted by Gasteiger charge is 2.44. The zero-order chi connectivity index (χ0) is 19.3. The molecule has 0 N–H and O–H groups in total. The molecule has 2 aromatic heterocycles. The van der Waals surface area contributed by atoms with E-state index in [2.05, 4.69) is 53.4 Å². The number of thioether (sulfide) groups is 1. The van der Waals surface area contributed by atoms with Crippen molar-refractivity contribution in [2.75, 3.05) is 6.54 Å². The van der Waals surface area contributed by atoms with Gasteiger partial charge in [-0.3, -0.25) is 9.98 Å². The number of hydrogen-bond donors (Lipinski definition) is 0. The van der Waals surface area contributed by atoms with Crippen molar-refractivity contribution >= 4 is 16.9 Å². The molecular weight excluding hydrogens is 364 g/mol. The maximum absolute atomic E-state index is 5.15. The van der Waals surface area contributed by atoms with Crippen LogP contribution in [0.1, 0.15) is 79.8 Å². The van der Waals surface area contributed by atoms with Gasteiger partial charge in [0.1, 0.15) is 6.04 Å². The number of pyridine rings is 1. The van der Waals surface area contributed by atoms with Crippen LogP contribution in [0.4, 0.5) is 0 Å². The van der Waals surface area contributed by atoms with E-state index in [9.17, 15) is 0 Å². The van der Waals surface area contributed by atoms with Gasteiger partial charge < -0.3 is 9.47 Å². The molecule has 1 saturated carbocycles. The molecule has 3 aliphatic rings. The Labute approximate surface area is 172 Å². The van der Waals surface area contributed by atoms with Crippen molar-refractivity contribution in [3.05, 3.63) is 53.1 Å². The van der Waals surface area contributed by atoms with Gasteiger partial charge in [0.2, 0.25) is 0 Å². The second-order valence-electron chi connectivity index (χ2n) is 8.63. The number of aryl methyl sites for hydroxylation is 1. The molecule has 0 amide bonds. The first-order valence-corrected chi connectivity index (χ1v) is 11.6. The SMILES string of the molecule is Cc1cc([C@@H]2[C@H](c3ccccn3)N=C3S[C@H](C)CN32)c(C)n1C1CCCCC1. The first-order valence-electron chi connectivity index (χ1n) is 10.7. The number of nitrogens with zero attached hydrogens (tertiary/aromatic N) is 4. The first kappa shape index (κ1) is 18.3. The molecular formula is C23H30N4S. The lowest BCUT2D eigenvalue weighted by molar-refractivity contribution is 0.315. The summed E-state index contributed by atoms with van der Waals surface area (Å²) in [4.78, 5) is 12.4. The average molecular weight is 395 g/mol. The molecule has 2 aliphatic heterocycles. The van der Waals surface area contributed by atoms with E-state index in [0.29, 0.717) is 11.3 Å². The smallest absolute Gasteiger partial charge is 0.160 e. The summed E-state index contributed by atoms with van der Waals surface area (Å²) < 4.78 is 2.63. The Morgan fingerprint density at radius 3 is 2.68 bits per heavy atom. The predicted molar refractivity (Wildman–Crippen MR) is 117 cm³/mol. The Kier molecular flexibility index (Phi) is 4.74. The summed E-state index contributed by atoms with van der Waals surface area (Å²) in [7, 11) is 0. The second kappa shape index (κ2) is 7.25. The molecule has 148 valence electrons. The van der Waals surface area contributed by atoms with Crippen molar-refractivity contribution in [1.29, 1.82) is 0 Å². The Balaban J connectivity index is 1.56. The van der Waals surface area contributed by atoms with Gasteiger partial charge in [0, 0.05) is 35.4 Å². The van der Waals surface area contributed by atoms with Gasteiger partial charge in [0.25, 0.3) is 0 Å². The number of rotatable bonds is 3. The quantitative estimate of drug-likeness (QED) is 0.680. The fourth-order valence-electron chi connectivity index (χ4n) is 5.46. The van der Waals surface area contributed by atoms with Crippen LogP contribution in [0.3, 0.4) is 0 Å². The molecule has 2 fully saturated rings.